The van der Waals surface area contributed by atoms with Gasteiger partial charge in [0.15, 0.2) is 0 Å². The smallest absolute Gasteiger partial charge is 0.119 e. The quantitative estimate of drug-likeness (QED) is 0.676. The highest BCUT2D eigenvalue weighted by Crippen LogP contribution is 2.39. The molecule has 1 saturated carbocycles. The first-order chi connectivity index (χ1) is 12.2. The molecule has 1 aliphatic carbocycles. The lowest BCUT2D eigenvalue weighted by Crippen LogP contribution is -2.46. The van der Waals surface area contributed by atoms with E-state index < -0.39 is 0 Å². The predicted octanol–water partition coefficient (Wildman–Crippen LogP) is 4.57. The van der Waals surface area contributed by atoms with Gasteiger partial charge in [0, 0.05) is 29.6 Å². The highest BCUT2D eigenvalue weighted by atomic mass is 35.5. The fraction of sp³-hybridized carbons (Fsp3) is 0.429. The van der Waals surface area contributed by atoms with Gasteiger partial charge in [0.25, 0.3) is 0 Å². The van der Waals surface area contributed by atoms with E-state index >= 15 is 0 Å². The average Bonchev–Trinajstić information content (AvgIpc) is 2.66. The van der Waals surface area contributed by atoms with E-state index in [1.807, 2.05) is 42.5 Å². The number of rotatable bonds is 7. The third kappa shape index (κ3) is 5.37. The van der Waals surface area contributed by atoms with Crippen molar-refractivity contribution < 1.29 is 4.74 Å². The van der Waals surface area contributed by atoms with Gasteiger partial charge in [-0.1, -0.05) is 48.4 Å². The zero-order valence-electron chi connectivity index (χ0n) is 15.0. The van der Waals surface area contributed by atoms with E-state index in [1.165, 1.54) is 18.4 Å². The first-order valence-corrected chi connectivity index (χ1v) is 9.47. The fourth-order valence-corrected chi connectivity index (χ4v) is 4.06. The van der Waals surface area contributed by atoms with Gasteiger partial charge in [0.1, 0.15) is 12.4 Å². The fourth-order valence-electron chi connectivity index (χ4n) is 3.87. The monoisotopic (exact) mass is 394 g/mol. The van der Waals surface area contributed by atoms with Crippen LogP contribution in [-0.4, -0.2) is 25.7 Å². The van der Waals surface area contributed by atoms with Gasteiger partial charge >= 0.3 is 0 Å². The SMILES string of the molecule is Cl.NCC1(c2cccc(Cl)c2)CCCC(NCCOc2ccccc2)C1. The molecule has 0 saturated heterocycles. The van der Waals surface area contributed by atoms with Crippen molar-refractivity contribution in [2.24, 2.45) is 5.73 Å². The second-order valence-electron chi connectivity index (χ2n) is 6.90. The van der Waals surface area contributed by atoms with Crippen molar-refractivity contribution >= 4 is 24.0 Å². The number of hydrogen-bond donors (Lipinski definition) is 2. The van der Waals surface area contributed by atoms with E-state index in [4.69, 9.17) is 22.1 Å². The summed E-state index contributed by atoms with van der Waals surface area (Å²) in [5.41, 5.74) is 7.52. The Morgan fingerprint density at radius 1 is 1.15 bits per heavy atom. The summed E-state index contributed by atoms with van der Waals surface area (Å²) in [4.78, 5) is 0. The zero-order chi connectivity index (χ0) is 17.5. The largest absolute Gasteiger partial charge is 0.492 e. The lowest BCUT2D eigenvalue weighted by atomic mass is 9.68. The van der Waals surface area contributed by atoms with Gasteiger partial charge in [-0.15, -0.1) is 12.4 Å². The van der Waals surface area contributed by atoms with Crippen molar-refractivity contribution in [3.05, 3.63) is 65.2 Å². The second kappa shape index (κ2) is 10.2. The minimum atomic E-state index is 0. The minimum absolute atomic E-state index is 0. The van der Waals surface area contributed by atoms with Crippen LogP contribution >= 0.6 is 24.0 Å². The van der Waals surface area contributed by atoms with Crippen molar-refractivity contribution in [2.75, 3.05) is 19.7 Å². The summed E-state index contributed by atoms with van der Waals surface area (Å²) < 4.78 is 5.77. The van der Waals surface area contributed by atoms with Crippen molar-refractivity contribution in [3.63, 3.8) is 0 Å². The van der Waals surface area contributed by atoms with Gasteiger partial charge in [-0.05, 0) is 49.1 Å². The number of nitrogens with two attached hydrogens (primary N) is 1. The molecule has 5 heteroatoms. The highest BCUT2D eigenvalue weighted by Gasteiger charge is 2.36. The van der Waals surface area contributed by atoms with Crippen molar-refractivity contribution in [1.82, 2.24) is 5.32 Å². The van der Waals surface area contributed by atoms with E-state index in [-0.39, 0.29) is 17.8 Å². The van der Waals surface area contributed by atoms with Gasteiger partial charge in [-0.3, -0.25) is 0 Å². The molecule has 2 aromatic carbocycles. The molecule has 3 nitrogen and oxygen atoms in total. The highest BCUT2D eigenvalue weighted by molar-refractivity contribution is 6.30. The first kappa shape index (κ1) is 21.0. The second-order valence-corrected chi connectivity index (χ2v) is 7.34. The normalized spacial score (nSPS) is 22.5. The molecule has 0 spiro atoms. The molecule has 2 atom stereocenters. The van der Waals surface area contributed by atoms with Crippen LogP contribution in [0.3, 0.4) is 0 Å². The molecule has 1 aliphatic rings. The third-order valence-electron chi connectivity index (χ3n) is 5.22. The number of nitrogens with one attached hydrogen (secondary N) is 1. The zero-order valence-corrected chi connectivity index (χ0v) is 16.6. The number of benzene rings is 2. The van der Waals surface area contributed by atoms with Crippen LogP contribution in [0.15, 0.2) is 54.6 Å². The van der Waals surface area contributed by atoms with Crippen molar-refractivity contribution in [3.8, 4) is 5.75 Å². The number of halogens is 2. The van der Waals surface area contributed by atoms with E-state index in [1.54, 1.807) is 0 Å². The Morgan fingerprint density at radius 3 is 2.69 bits per heavy atom. The van der Waals surface area contributed by atoms with Crippen LogP contribution in [-0.2, 0) is 5.41 Å². The molecule has 0 aliphatic heterocycles. The summed E-state index contributed by atoms with van der Waals surface area (Å²) in [6.45, 7) is 2.18. The summed E-state index contributed by atoms with van der Waals surface area (Å²) >= 11 is 6.21. The summed E-state index contributed by atoms with van der Waals surface area (Å²) in [5.74, 6) is 0.920. The van der Waals surface area contributed by atoms with Crippen LogP contribution in [0.25, 0.3) is 0 Å². The van der Waals surface area contributed by atoms with Gasteiger partial charge < -0.3 is 15.8 Å². The van der Waals surface area contributed by atoms with Crippen LogP contribution in [0.1, 0.15) is 31.2 Å². The Balaban J connectivity index is 0.00000243. The predicted molar refractivity (Wildman–Crippen MR) is 112 cm³/mol. The molecule has 0 amide bonds. The lowest BCUT2D eigenvalue weighted by Gasteiger charge is -2.41. The van der Waals surface area contributed by atoms with Crippen molar-refractivity contribution in [1.29, 1.82) is 0 Å². The van der Waals surface area contributed by atoms with Gasteiger partial charge in [-0.2, -0.15) is 0 Å². The maximum atomic E-state index is 6.22. The Kier molecular flexibility index (Phi) is 8.23. The Morgan fingerprint density at radius 2 is 1.96 bits per heavy atom. The lowest BCUT2D eigenvalue weighted by molar-refractivity contribution is 0.230. The summed E-state index contributed by atoms with van der Waals surface area (Å²) in [5, 5.41) is 4.44. The molecule has 1 fully saturated rings. The molecule has 0 radical (unpaired) electrons. The van der Waals surface area contributed by atoms with Crippen LogP contribution in [0.2, 0.25) is 5.02 Å². The topological polar surface area (TPSA) is 47.3 Å². The van der Waals surface area contributed by atoms with E-state index in [2.05, 4.69) is 17.4 Å². The maximum absolute atomic E-state index is 6.22. The van der Waals surface area contributed by atoms with E-state index in [0.29, 0.717) is 19.2 Å². The summed E-state index contributed by atoms with van der Waals surface area (Å²) in [6.07, 6.45) is 4.55. The molecule has 3 rings (SSSR count). The molecular weight excluding hydrogens is 367 g/mol. The molecular formula is C21H28Cl2N2O. The molecule has 0 bridgehead atoms. The summed E-state index contributed by atoms with van der Waals surface area (Å²) in [6, 6.07) is 18.6. The average molecular weight is 395 g/mol. The molecule has 0 aromatic heterocycles. The number of hydrogen-bond acceptors (Lipinski definition) is 3. The Hall–Kier alpha value is -1.26. The molecule has 142 valence electrons. The van der Waals surface area contributed by atoms with Crippen LogP contribution < -0.4 is 15.8 Å². The number of ether oxygens (including phenoxy) is 1. The van der Waals surface area contributed by atoms with Crippen LogP contribution in [0.4, 0.5) is 0 Å². The molecule has 3 N–H and O–H groups in total. The van der Waals surface area contributed by atoms with Gasteiger partial charge in [0.2, 0.25) is 0 Å². The first-order valence-electron chi connectivity index (χ1n) is 9.09. The number of para-hydroxylation sites is 1. The maximum Gasteiger partial charge on any atom is 0.119 e. The van der Waals surface area contributed by atoms with Crippen molar-refractivity contribution in [2.45, 2.75) is 37.1 Å². The molecule has 26 heavy (non-hydrogen) atoms. The van der Waals surface area contributed by atoms with Crippen LogP contribution in [0.5, 0.6) is 5.75 Å². The molecule has 0 heterocycles. The van der Waals surface area contributed by atoms with E-state index in [9.17, 15) is 0 Å². The van der Waals surface area contributed by atoms with Crippen LogP contribution in [0, 0.1) is 0 Å². The summed E-state index contributed by atoms with van der Waals surface area (Å²) in [7, 11) is 0. The Labute approximate surface area is 167 Å². The van der Waals surface area contributed by atoms with Gasteiger partial charge in [0.05, 0.1) is 0 Å². The third-order valence-corrected chi connectivity index (χ3v) is 5.45. The van der Waals surface area contributed by atoms with Gasteiger partial charge in [-0.25, -0.2) is 0 Å². The molecule has 2 aromatic rings. The minimum Gasteiger partial charge on any atom is -0.492 e. The Bertz CT molecular complexity index is 668. The standard InChI is InChI=1S/C21H27ClN2O.ClH/c22-18-7-4-6-17(14-18)21(16-23)11-5-8-19(15-21)24-12-13-25-20-9-2-1-3-10-20;/h1-4,6-7,9-10,14,19,24H,5,8,11-13,15-16,23H2;1H. The molecule has 2 unspecified atom stereocenters. The van der Waals surface area contributed by atoms with E-state index in [0.717, 1.165) is 30.2 Å².